The Balaban J connectivity index is 1.76. The first-order valence-corrected chi connectivity index (χ1v) is 11.8. The monoisotopic (exact) mass is 464 g/mol. The summed E-state index contributed by atoms with van der Waals surface area (Å²) in [5.41, 5.74) is 5.29. The molecule has 0 unspecified atom stereocenters. The lowest BCUT2D eigenvalue weighted by atomic mass is 9.39. The van der Waals surface area contributed by atoms with Gasteiger partial charge in [-0.05, 0) is 72.2 Å². The lowest BCUT2D eigenvalue weighted by Gasteiger charge is -2.60. The molecule has 0 amide bonds. The second-order valence-corrected chi connectivity index (χ2v) is 10.8. The van der Waals surface area contributed by atoms with Crippen LogP contribution in [0.2, 0.25) is 0 Å². The summed E-state index contributed by atoms with van der Waals surface area (Å²) in [6.45, 7) is 10.3. The number of fused-ring (bicyclic) bond motifs is 8. The van der Waals surface area contributed by atoms with Crippen molar-refractivity contribution in [2.75, 3.05) is 13.2 Å². The molecular weight excluding hydrogens is 432 g/mol. The van der Waals surface area contributed by atoms with Gasteiger partial charge in [-0.25, -0.2) is 0 Å². The van der Waals surface area contributed by atoms with Crippen molar-refractivity contribution in [3.8, 4) is 0 Å². The molecule has 1 fully saturated rings. The molecule has 0 radical (unpaired) electrons. The Morgan fingerprint density at radius 3 is 1.35 bits per heavy atom. The zero-order valence-electron chi connectivity index (χ0n) is 20.5. The average molecular weight is 465 g/mol. The summed E-state index contributed by atoms with van der Waals surface area (Å²) >= 11 is 0. The number of Topliss-reactive ketones (excluding diaryl/α,β-unsaturated/α-hetero) is 2. The van der Waals surface area contributed by atoms with Crippen molar-refractivity contribution in [3.63, 3.8) is 0 Å². The highest BCUT2D eigenvalue weighted by atomic mass is 16.3. The standard InChI is InChI=1S/C28H32O6/c1-11-7-15-21(13(3)19(11)17(31)9-29)25(33)27(5)23(15)24-16-8-12(2)20(18(32)10-30)14(4)22(16)26(34)28(24,27)6/h7-8,17-18,23-24,29-32H,9-10H2,1-6H3/t17-,18-,23+,24+,27-,28-/m0/s1. The molecule has 3 aliphatic rings. The van der Waals surface area contributed by atoms with Crippen LogP contribution in [0.1, 0.15) is 103 Å². The van der Waals surface area contributed by atoms with E-state index in [9.17, 15) is 30.0 Å². The van der Waals surface area contributed by atoms with Gasteiger partial charge in [0.25, 0.3) is 0 Å². The normalized spacial score (nSPS) is 30.4. The van der Waals surface area contributed by atoms with E-state index in [0.29, 0.717) is 33.4 Å². The Labute approximate surface area is 199 Å². The first kappa shape index (κ1) is 23.4. The fourth-order valence-electron chi connectivity index (χ4n) is 7.83. The summed E-state index contributed by atoms with van der Waals surface area (Å²) in [5.74, 6) is -0.506. The molecule has 5 rings (SSSR count). The number of carbonyl (C=O) groups is 2. The van der Waals surface area contributed by atoms with Gasteiger partial charge in [0.2, 0.25) is 0 Å². The van der Waals surface area contributed by atoms with Gasteiger partial charge in [0.05, 0.1) is 24.0 Å². The number of aliphatic hydroxyl groups is 4. The van der Waals surface area contributed by atoms with E-state index in [4.69, 9.17) is 0 Å². The highest BCUT2D eigenvalue weighted by molar-refractivity contribution is 6.19. The Morgan fingerprint density at radius 1 is 0.735 bits per heavy atom. The predicted octanol–water partition coefficient (Wildman–Crippen LogP) is 3.26. The molecule has 4 N–H and O–H groups in total. The van der Waals surface area contributed by atoms with Crippen LogP contribution in [0.4, 0.5) is 0 Å². The van der Waals surface area contributed by atoms with Crippen molar-refractivity contribution < 1.29 is 30.0 Å². The third kappa shape index (κ3) is 2.30. The van der Waals surface area contributed by atoms with Crippen LogP contribution >= 0.6 is 0 Å². The lowest BCUT2D eigenvalue weighted by Crippen LogP contribution is -2.61. The maximum Gasteiger partial charge on any atom is 0.170 e. The maximum atomic E-state index is 14.0. The number of hydrogen-bond acceptors (Lipinski definition) is 6. The minimum Gasteiger partial charge on any atom is -0.393 e. The minimum atomic E-state index is -1.07. The quantitative estimate of drug-likeness (QED) is 0.552. The Morgan fingerprint density at radius 2 is 1.06 bits per heavy atom. The summed E-state index contributed by atoms with van der Waals surface area (Å²) in [5, 5.41) is 39.9. The van der Waals surface area contributed by atoms with E-state index in [0.717, 1.165) is 22.3 Å². The highest BCUT2D eigenvalue weighted by Gasteiger charge is 2.79. The molecule has 0 spiro atoms. The van der Waals surface area contributed by atoms with E-state index in [1.807, 2.05) is 53.7 Å². The molecule has 2 aromatic rings. The number of hydrogen-bond donors (Lipinski definition) is 4. The van der Waals surface area contributed by atoms with Gasteiger partial charge in [0.1, 0.15) is 12.2 Å². The molecule has 6 atom stereocenters. The summed E-state index contributed by atoms with van der Waals surface area (Å²) in [6, 6.07) is 3.91. The zero-order chi connectivity index (χ0) is 25.1. The molecule has 0 aliphatic heterocycles. The molecule has 180 valence electrons. The maximum absolute atomic E-state index is 14.0. The number of aliphatic hydroxyl groups excluding tert-OH is 4. The van der Waals surface area contributed by atoms with Crippen LogP contribution in [-0.2, 0) is 0 Å². The topological polar surface area (TPSA) is 115 Å². The summed E-state index contributed by atoms with van der Waals surface area (Å²) in [4.78, 5) is 28.0. The van der Waals surface area contributed by atoms with Crippen LogP contribution < -0.4 is 0 Å². The molecule has 3 aliphatic carbocycles. The van der Waals surface area contributed by atoms with E-state index in [1.54, 1.807) is 0 Å². The molecule has 6 nitrogen and oxygen atoms in total. The second kappa shape index (κ2) is 7.08. The predicted molar refractivity (Wildman–Crippen MR) is 126 cm³/mol. The van der Waals surface area contributed by atoms with Gasteiger partial charge in [-0.15, -0.1) is 0 Å². The smallest absolute Gasteiger partial charge is 0.170 e. The Bertz CT molecular complexity index is 1190. The van der Waals surface area contributed by atoms with Crippen molar-refractivity contribution in [1.29, 1.82) is 0 Å². The van der Waals surface area contributed by atoms with Gasteiger partial charge in [-0.2, -0.15) is 0 Å². The molecule has 34 heavy (non-hydrogen) atoms. The van der Waals surface area contributed by atoms with Crippen molar-refractivity contribution in [2.24, 2.45) is 10.8 Å². The molecule has 0 aromatic heterocycles. The highest BCUT2D eigenvalue weighted by Crippen LogP contribution is 2.80. The fourth-order valence-corrected chi connectivity index (χ4v) is 7.83. The van der Waals surface area contributed by atoms with Crippen molar-refractivity contribution >= 4 is 11.6 Å². The van der Waals surface area contributed by atoms with Gasteiger partial charge < -0.3 is 20.4 Å². The molecule has 0 bridgehead atoms. The van der Waals surface area contributed by atoms with Crippen LogP contribution in [0, 0.1) is 38.5 Å². The van der Waals surface area contributed by atoms with Crippen LogP contribution in [0.5, 0.6) is 0 Å². The molecule has 6 heteroatoms. The first-order valence-electron chi connectivity index (χ1n) is 11.8. The third-order valence-electron chi connectivity index (χ3n) is 9.47. The summed E-state index contributed by atoms with van der Waals surface area (Å²) in [7, 11) is 0. The van der Waals surface area contributed by atoms with E-state index >= 15 is 0 Å². The van der Waals surface area contributed by atoms with E-state index in [-0.39, 0.29) is 23.4 Å². The summed E-state index contributed by atoms with van der Waals surface area (Å²) in [6.07, 6.45) is -2.13. The van der Waals surface area contributed by atoms with Gasteiger partial charge in [-0.3, -0.25) is 9.59 Å². The van der Waals surface area contributed by atoms with Gasteiger partial charge in [0.15, 0.2) is 11.6 Å². The number of ketones is 2. The Kier molecular flexibility index (Phi) is 4.86. The molecule has 0 saturated heterocycles. The third-order valence-corrected chi connectivity index (χ3v) is 9.47. The van der Waals surface area contributed by atoms with Crippen molar-refractivity contribution in [3.05, 3.63) is 67.8 Å². The van der Waals surface area contributed by atoms with Crippen molar-refractivity contribution in [2.45, 2.75) is 65.6 Å². The number of aryl methyl sites for hydroxylation is 2. The van der Waals surface area contributed by atoms with Crippen LogP contribution in [-0.4, -0.2) is 45.2 Å². The SMILES string of the molecule is Cc1cc2c(c(C)c1[C@@H](O)CO)C(=O)[C@]1(C)[C@H]2[C@H]2c3cc(C)c([C@@H](O)CO)c(C)c3C(=O)[C@]21C. The fraction of sp³-hybridized carbons (Fsp3) is 0.500. The van der Waals surface area contributed by atoms with E-state index in [1.165, 1.54) is 0 Å². The van der Waals surface area contributed by atoms with E-state index < -0.39 is 36.3 Å². The molecule has 2 aromatic carbocycles. The Hall–Kier alpha value is -2.38. The number of carbonyl (C=O) groups excluding carboxylic acids is 2. The largest absolute Gasteiger partial charge is 0.393 e. The number of rotatable bonds is 4. The summed E-state index contributed by atoms with van der Waals surface area (Å²) < 4.78 is 0. The van der Waals surface area contributed by atoms with Crippen LogP contribution in [0.3, 0.4) is 0 Å². The minimum absolute atomic E-state index is 0.0821. The van der Waals surface area contributed by atoms with Crippen molar-refractivity contribution in [1.82, 2.24) is 0 Å². The lowest BCUT2D eigenvalue weighted by molar-refractivity contribution is -0.0397. The van der Waals surface area contributed by atoms with Gasteiger partial charge in [0, 0.05) is 23.0 Å². The van der Waals surface area contributed by atoms with Crippen LogP contribution in [0.15, 0.2) is 12.1 Å². The average Bonchev–Trinajstić information content (AvgIpc) is 3.09. The van der Waals surface area contributed by atoms with Gasteiger partial charge in [-0.1, -0.05) is 26.0 Å². The van der Waals surface area contributed by atoms with E-state index in [2.05, 4.69) is 0 Å². The molecule has 0 heterocycles. The van der Waals surface area contributed by atoms with Crippen LogP contribution in [0.25, 0.3) is 0 Å². The second-order valence-electron chi connectivity index (χ2n) is 10.8. The molecule has 1 saturated carbocycles. The first-order chi connectivity index (χ1) is 15.9. The van der Waals surface area contributed by atoms with Gasteiger partial charge >= 0.3 is 0 Å². The zero-order valence-corrected chi connectivity index (χ0v) is 20.5. The number of benzene rings is 2. The molecular formula is C28H32O6.